The van der Waals surface area contributed by atoms with Crippen molar-refractivity contribution < 1.29 is 4.79 Å². The third-order valence-corrected chi connectivity index (χ3v) is 3.68. The molecule has 1 aliphatic heterocycles. The van der Waals surface area contributed by atoms with Crippen LogP contribution in [0.15, 0.2) is 36.7 Å². The molecule has 1 aliphatic rings. The molecule has 2 heterocycles. The van der Waals surface area contributed by atoms with E-state index in [4.69, 9.17) is 0 Å². The van der Waals surface area contributed by atoms with Gasteiger partial charge in [0.15, 0.2) is 5.82 Å². The molecule has 0 radical (unpaired) electrons. The van der Waals surface area contributed by atoms with Gasteiger partial charge in [0.1, 0.15) is 5.69 Å². The Labute approximate surface area is 130 Å². The SMILES string of the molecule is CC(C)NC(=O)c1cnc(N2CCCc3ccccc32)cn1. The first kappa shape index (κ1) is 14.5. The van der Waals surface area contributed by atoms with Crippen molar-refractivity contribution in [3.63, 3.8) is 0 Å². The third kappa shape index (κ3) is 2.93. The average molecular weight is 296 g/mol. The minimum atomic E-state index is -0.187. The summed E-state index contributed by atoms with van der Waals surface area (Å²) in [6.07, 6.45) is 5.41. The Morgan fingerprint density at radius 2 is 2.05 bits per heavy atom. The number of fused-ring (bicyclic) bond motifs is 1. The normalized spacial score (nSPS) is 13.9. The summed E-state index contributed by atoms with van der Waals surface area (Å²) in [4.78, 5) is 22.8. The van der Waals surface area contributed by atoms with Gasteiger partial charge in [-0.2, -0.15) is 0 Å². The van der Waals surface area contributed by atoms with Gasteiger partial charge in [-0.05, 0) is 38.3 Å². The van der Waals surface area contributed by atoms with Crippen LogP contribution in [0.4, 0.5) is 11.5 Å². The van der Waals surface area contributed by atoms with E-state index in [9.17, 15) is 4.79 Å². The lowest BCUT2D eigenvalue weighted by molar-refractivity contribution is 0.0937. The largest absolute Gasteiger partial charge is 0.348 e. The maximum atomic E-state index is 11.9. The van der Waals surface area contributed by atoms with Crippen molar-refractivity contribution >= 4 is 17.4 Å². The van der Waals surface area contributed by atoms with Crippen LogP contribution in [-0.4, -0.2) is 28.5 Å². The molecule has 5 nitrogen and oxygen atoms in total. The highest BCUT2D eigenvalue weighted by molar-refractivity contribution is 5.92. The van der Waals surface area contributed by atoms with Crippen LogP contribution in [0, 0.1) is 0 Å². The molecule has 0 unspecified atom stereocenters. The van der Waals surface area contributed by atoms with Crippen molar-refractivity contribution in [1.82, 2.24) is 15.3 Å². The number of carbonyl (C=O) groups is 1. The molecule has 1 aromatic heterocycles. The molecule has 0 aliphatic carbocycles. The zero-order chi connectivity index (χ0) is 15.5. The van der Waals surface area contributed by atoms with Crippen molar-refractivity contribution in [3.05, 3.63) is 47.9 Å². The van der Waals surface area contributed by atoms with Crippen molar-refractivity contribution in [1.29, 1.82) is 0 Å². The van der Waals surface area contributed by atoms with Crippen LogP contribution in [0.25, 0.3) is 0 Å². The lowest BCUT2D eigenvalue weighted by Crippen LogP contribution is -2.31. The number of carbonyl (C=O) groups excluding carboxylic acids is 1. The molecule has 0 bridgehead atoms. The lowest BCUT2D eigenvalue weighted by atomic mass is 10.0. The van der Waals surface area contributed by atoms with E-state index < -0.39 is 0 Å². The van der Waals surface area contributed by atoms with Gasteiger partial charge in [0.05, 0.1) is 12.4 Å². The Morgan fingerprint density at radius 3 is 2.77 bits per heavy atom. The van der Waals surface area contributed by atoms with E-state index in [-0.39, 0.29) is 11.9 Å². The molecular formula is C17H20N4O. The summed E-state index contributed by atoms with van der Waals surface area (Å²) in [5.41, 5.74) is 2.86. The molecule has 1 N–H and O–H groups in total. The van der Waals surface area contributed by atoms with Gasteiger partial charge in [-0.3, -0.25) is 4.79 Å². The molecule has 22 heavy (non-hydrogen) atoms. The van der Waals surface area contributed by atoms with Gasteiger partial charge in [0, 0.05) is 18.3 Å². The molecule has 114 valence electrons. The molecule has 2 aromatic rings. The highest BCUT2D eigenvalue weighted by atomic mass is 16.1. The zero-order valence-corrected chi connectivity index (χ0v) is 12.9. The van der Waals surface area contributed by atoms with Crippen molar-refractivity contribution in [2.75, 3.05) is 11.4 Å². The van der Waals surface area contributed by atoms with E-state index in [0.717, 1.165) is 25.2 Å². The van der Waals surface area contributed by atoms with Crippen LogP contribution in [0.5, 0.6) is 0 Å². The highest BCUT2D eigenvalue weighted by Gasteiger charge is 2.19. The van der Waals surface area contributed by atoms with Gasteiger partial charge in [-0.15, -0.1) is 0 Å². The van der Waals surface area contributed by atoms with E-state index in [2.05, 4.69) is 38.4 Å². The first-order chi connectivity index (χ1) is 10.6. The van der Waals surface area contributed by atoms with Gasteiger partial charge in [0.25, 0.3) is 5.91 Å². The summed E-state index contributed by atoms with van der Waals surface area (Å²) in [5, 5.41) is 2.82. The summed E-state index contributed by atoms with van der Waals surface area (Å²) < 4.78 is 0. The summed E-state index contributed by atoms with van der Waals surface area (Å²) in [7, 11) is 0. The van der Waals surface area contributed by atoms with Crippen LogP contribution in [0.3, 0.4) is 0 Å². The topological polar surface area (TPSA) is 58.1 Å². The Bertz CT molecular complexity index is 667. The molecule has 0 fully saturated rings. The van der Waals surface area contributed by atoms with E-state index in [1.54, 1.807) is 12.4 Å². The number of rotatable bonds is 3. The van der Waals surface area contributed by atoms with Crippen LogP contribution in [-0.2, 0) is 6.42 Å². The van der Waals surface area contributed by atoms with Crippen LogP contribution >= 0.6 is 0 Å². The molecule has 0 atom stereocenters. The summed E-state index contributed by atoms with van der Waals surface area (Å²) >= 11 is 0. The maximum Gasteiger partial charge on any atom is 0.271 e. The number of para-hydroxylation sites is 1. The minimum Gasteiger partial charge on any atom is -0.348 e. The van der Waals surface area contributed by atoms with Gasteiger partial charge in [0.2, 0.25) is 0 Å². The number of aromatic nitrogens is 2. The highest BCUT2D eigenvalue weighted by Crippen LogP contribution is 2.31. The number of nitrogens with zero attached hydrogens (tertiary/aromatic N) is 3. The molecule has 1 aromatic carbocycles. The van der Waals surface area contributed by atoms with Crippen molar-refractivity contribution in [2.24, 2.45) is 0 Å². The van der Waals surface area contributed by atoms with E-state index in [0.29, 0.717) is 5.69 Å². The second-order valence-electron chi connectivity index (χ2n) is 5.77. The zero-order valence-electron chi connectivity index (χ0n) is 12.9. The van der Waals surface area contributed by atoms with Crippen LogP contribution < -0.4 is 10.2 Å². The molecule has 1 amide bonds. The Kier molecular flexibility index (Phi) is 4.04. The maximum absolute atomic E-state index is 11.9. The van der Waals surface area contributed by atoms with Crippen molar-refractivity contribution in [3.8, 4) is 0 Å². The standard InChI is InChI=1S/C17H20N4O/c1-12(2)20-17(22)14-10-19-16(11-18-14)21-9-5-7-13-6-3-4-8-15(13)21/h3-4,6,8,10-12H,5,7,9H2,1-2H3,(H,20,22). The van der Waals surface area contributed by atoms with Gasteiger partial charge in [-0.25, -0.2) is 9.97 Å². The molecule has 0 saturated heterocycles. The number of anilines is 2. The fourth-order valence-corrected chi connectivity index (χ4v) is 2.69. The lowest BCUT2D eigenvalue weighted by Gasteiger charge is -2.30. The first-order valence-corrected chi connectivity index (χ1v) is 7.63. The van der Waals surface area contributed by atoms with Crippen LogP contribution in [0.2, 0.25) is 0 Å². The van der Waals surface area contributed by atoms with Crippen LogP contribution in [0.1, 0.15) is 36.3 Å². The van der Waals surface area contributed by atoms with Gasteiger partial charge >= 0.3 is 0 Å². The Balaban J connectivity index is 1.84. The Morgan fingerprint density at radius 1 is 1.23 bits per heavy atom. The molecule has 0 spiro atoms. The van der Waals surface area contributed by atoms with Gasteiger partial charge < -0.3 is 10.2 Å². The number of aryl methyl sites for hydroxylation is 1. The molecule has 3 rings (SSSR count). The second-order valence-corrected chi connectivity index (χ2v) is 5.77. The number of hydrogen-bond acceptors (Lipinski definition) is 4. The summed E-state index contributed by atoms with van der Waals surface area (Å²) in [6, 6.07) is 8.44. The molecular weight excluding hydrogens is 276 g/mol. The predicted molar refractivity (Wildman–Crippen MR) is 86.4 cm³/mol. The number of hydrogen-bond donors (Lipinski definition) is 1. The van der Waals surface area contributed by atoms with E-state index >= 15 is 0 Å². The summed E-state index contributed by atoms with van der Waals surface area (Å²) in [5.74, 6) is 0.598. The third-order valence-electron chi connectivity index (χ3n) is 3.68. The monoisotopic (exact) mass is 296 g/mol. The number of nitrogens with one attached hydrogen (secondary N) is 1. The second kappa shape index (κ2) is 6.13. The summed E-state index contributed by atoms with van der Waals surface area (Å²) in [6.45, 7) is 4.76. The minimum absolute atomic E-state index is 0.0861. The first-order valence-electron chi connectivity index (χ1n) is 7.63. The van der Waals surface area contributed by atoms with Gasteiger partial charge in [-0.1, -0.05) is 18.2 Å². The average Bonchev–Trinajstić information content (AvgIpc) is 2.54. The number of benzene rings is 1. The van der Waals surface area contributed by atoms with E-state index in [1.165, 1.54) is 11.3 Å². The fourth-order valence-electron chi connectivity index (χ4n) is 2.69. The smallest absolute Gasteiger partial charge is 0.271 e. The Hall–Kier alpha value is -2.43. The molecule has 5 heteroatoms. The quantitative estimate of drug-likeness (QED) is 0.946. The molecule has 0 saturated carbocycles. The number of amides is 1. The van der Waals surface area contributed by atoms with Crippen molar-refractivity contribution in [2.45, 2.75) is 32.7 Å². The van der Waals surface area contributed by atoms with E-state index in [1.807, 2.05) is 19.9 Å². The fraction of sp³-hybridized carbons (Fsp3) is 0.353. The predicted octanol–water partition coefficient (Wildman–Crippen LogP) is 2.70.